The number of aromatic nitrogens is 3. The maximum atomic E-state index is 6.00. The van der Waals surface area contributed by atoms with E-state index < -0.39 is 0 Å². The first-order valence-electron chi connectivity index (χ1n) is 5.82. The lowest BCUT2D eigenvalue weighted by molar-refractivity contribution is 0.525. The van der Waals surface area contributed by atoms with Gasteiger partial charge in [0.1, 0.15) is 6.33 Å². The van der Waals surface area contributed by atoms with Crippen molar-refractivity contribution in [2.75, 3.05) is 5.73 Å². The molecular formula is C13H18N4. The van der Waals surface area contributed by atoms with E-state index in [0.717, 1.165) is 23.6 Å². The fourth-order valence-electron chi connectivity index (χ4n) is 1.85. The van der Waals surface area contributed by atoms with Gasteiger partial charge in [-0.2, -0.15) is 0 Å². The van der Waals surface area contributed by atoms with Crippen LogP contribution in [0.4, 0.5) is 5.69 Å². The number of aryl methyl sites for hydroxylation is 1. The van der Waals surface area contributed by atoms with Crippen LogP contribution in [-0.2, 0) is 6.54 Å². The Bertz CT molecular complexity index is 514. The minimum Gasteiger partial charge on any atom is -0.398 e. The minimum absolute atomic E-state index is 0.552. The van der Waals surface area contributed by atoms with Crippen LogP contribution in [0.1, 0.15) is 19.4 Å². The molecule has 0 fully saturated rings. The molecule has 0 spiro atoms. The lowest BCUT2D eigenvalue weighted by atomic mass is 10.1. The van der Waals surface area contributed by atoms with Gasteiger partial charge in [-0.3, -0.25) is 0 Å². The van der Waals surface area contributed by atoms with Crippen LogP contribution < -0.4 is 5.73 Å². The number of nitrogens with two attached hydrogens (primary N) is 1. The quantitative estimate of drug-likeness (QED) is 0.824. The van der Waals surface area contributed by atoms with Crippen LogP contribution in [0.15, 0.2) is 24.5 Å². The molecule has 2 aromatic rings. The largest absolute Gasteiger partial charge is 0.398 e. The second kappa shape index (κ2) is 4.57. The van der Waals surface area contributed by atoms with Crippen molar-refractivity contribution in [1.82, 2.24) is 14.8 Å². The molecule has 1 aromatic heterocycles. The molecule has 0 aliphatic carbocycles. The highest BCUT2D eigenvalue weighted by atomic mass is 15.3. The van der Waals surface area contributed by atoms with Gasteiger partial charge in [0.15, 0.2) is 5.82 Å². The molecule has 0 aliphatic rings. The highest BCUT2D eigenvalue weighted by Crippen LogP contribution is 2.25. The van der Waals surface area contributed by atoms with E-state index in [1.807, 2.05) is 19.1 Å². The van der Waals surface area contributed by atoms with E-state index in [4.69, 9.17) is 5.73 Å². The van der Waals surface area contributed by atoms with Crippen molar-refractivity contribution >= 4 is 5.69 Å². The van der Waals surface area contributed by atoms with Crippen molar-refractivity contribution in [3.05, 3.63) is 30.1 Å². The summed E-state index contributed by atoms with van der Waals surface area (Å²) in [6, 6.07) is 5.97. The van der Waals surface area contributed by atoms with E-state index in [0.29, 0.717) is 5.92 Å². The van der Waals surface area contributed by atoms with Crippen molar-refractivity contribution in [1.29, 1.82) is 0 Å². The Hall–Kier alpha value is -1.84. The van der Waals surface area contributed by atoms with Crippen molar-refractivity contribution < 1.29 is 0 Å². The topological polar surface area (TPSA) is 56.7 Å². The van der Waals surface area contributed by atoms with Gasteiger partial charge in [-0.05, 0) is 25.0 Å². The summed E-state index contributed by atoms with van der Waals surface area (Å²) in [7, 11) is 0. The summed E-state index contributed by atoms with van der Waals surface area (Å²) in [5.74, 6) is 1.40. The molecule has 17 heavy (non-hydrogen) atoms. The number of nitrogen functional groups attached to an aromatic ring is 1. The van der Waals surface area contributed by atoms with E-state index in [1.165, 1.54) is 5.56 Å². The Morgan fingerprint density at radius 1 is 1.35 bits per heavy atom. The number of hydrogen-bond donors (Lipinski definition) is 1. The summed E-state index contributed by atoms with van der Waals surface area (Å²) in [5.41, 5.74) is 8.88. The van der Waals surface area contributed by atoms with Crippen LogP contribution in [0, 0.1) is 12.8 Å². The van der Waals surface area contributed by atoms with Gasteiger partial charge in [0.05, 0.1) is 0 Å². The van der Waals surface area contributed by atoms with Gasteiger partial charge in [-0.25, -0.2) is 0 Å². The van der Waals surface area contributed by atoms with E-state index >= 15 is 0 Å². The number of anilines is 1. The second-order valence-electron chi connectivity index (χ2n) is 4.79. The van der Waals surface area contributed by atoms with Gasteiger partial charge < -0.3 is 10.3 Å². The zero-order valence-electron chi connectivity index (χ0n) is 10.5. The molecule has 4 heteroatoms. The van der Waals surface area contributed by atoms with Crippen LogP contribution in [0.25, 0.3) is 11.4 Å². The monoisotopic (exact) mass is 230 g/mol. The molecule has 0 aliphatic heterocycles. The van der Waals surface area contributed by atoms with Crippen molar-refractivity contribution in [3.63, 3.8) is 0 Å². The van der Waals surface area contributed by atoms with Gasteiger partial charge in [0, 0.05) is 17.8 Å². The molecule has 0 bridgehead atoms. The molecule has 1 heterocycles. The molecular weight excluding hydrogens is 212 g/mol. The number of benzene rings is 1. The zero-order valence-corrected chi connectivity index (χ0v) is 10.5. The van der Waals surface area contributed by atoms with Crippen molar-refractivity contribution in [2.45, 2.75) is 27.3 Å². The summed E-state index contributed by atoms with van der Waals surface area (Å²) in [4.78, 5) is 0. The fraction of sp³-hybridized carbons (Fsp3) is 0.385. The summed E-state index contributed by atoms with van der Waals surface area (Å²) in [6.45, 7) is 7.29. The molecule has 0 saturated carbocycles. The third-order valence-corrected chi connectivity index (χ3v) is 2.63. The third-order valence-electron chi connectivity index (χ3n) is 2.63. The lowest BCUT2D eigenvalue weighted by Gasteiger charge is -2.11. The van der Waals surface area contributed by atoms with E-state index in [2.05, 4.69) is 34.7 Å². The average molecular weight is 230 g/mol. The summed E-state index contributed by atoms with van der Waals surface area (Å²) >= 11 is 0. The molecule has 90 valence electrons. The molecule has 2 N–H and O–H groups in total. The average Bonchev–Trinajstić information content (AvgIpc) is 2.69. The molecule has 0 saturated heterocycles. The smallest absolute Gasteiger partial charge is 0.165 e. The lowest BCUT2D eigenvalue weighted by Crippen LogP contribution is -2.06. The molecule has 2 rings (SSSR count). The fourth-order valence-corrected chi connectivity index (χ4v) is 1.85. The third kappa shape index (κ3) is 2.46. The Balaban J connectivity index is 2.45. The normalized spacial score (nSPS) is 11.1. The maximum absolute atomic E-state index is 6.00. The first kappa shape index (κ1) is 11.6. The Morgan fingerprint density at radius 2 is 2.12 bits per heavy atom. The van der Waals surface area contributed by atoms with Gasteiger partial charge in [-0.1, -0.05) is 25.5 Å². The van der Waals surface area contributed by atoms with Crippen LogP contribution in [-0.4, -0.2) is 14.8 Å². The molecule has 0 radical (unpaired) electrons. The van der Waals surface area contributed by atoms with E-state index in [-0.39, 0.29) is 0 Å². The Kier molecular flexibility index (Phi) is 3.13. The Morgan fingerprint density at radius 3 is 2.82 bits per heavy atom. The van der Waals surface area contributed by atoms with Gasteiger partial charge in [0.25, 0.3) is 0 Å². The summed E-state index contributed by atoms with van der Waals surface area (Å²) < 4.78 is 2.05. The second-order valence-corrected chi connectivity index (χ2v) is 4.79. The molecule has 1 aromatic carbocycles. The number of nitrogens with zero attached hydrogens (tertiary/aromatic N) is 3. The zero-order chi connectivity index (χ0) is 12.4. The van der Waals surface area contributed by atoms with Gasteiger partial charge in [0.2, 0.25) is 0 Å². The van der Waals surface area contributed by atoms with Crippen molar-refractivity contribution in [3.8, 4) is 11.4 Å². The minimum atomic E-state index is 0.552. The van der Waals surface area contributed by atoms with Crippen molar-refractivity contribution in [2.24, 2.45) is 5.92 Å². The molecule has 0 atom stereocenters. The molecule has 0 unspecified atom stereocenters. The highest BCUT2D eigenvalue weighted by Gasteiger charge is 2.11. The standard InChI is InChI=1S/C13H18N4/c1-9(2)7-17-8-15-16-13(17)11-6-10(3)4-5-12(11)14/h4-6,8-9H,7,14H2,1-3H3. The summed E-state index contributed by atoms with van der Waals surface area (Å²) in [6.07, 6.45) is 1.76. The van der Waals surface area contributed by atoms with E-state index in [9.17, 15) is 0 Å². The van der Waals surface area contributed by atoms with Gasteiger partial charge in [-0.15, -0.1) is 10.2 Å². The highest BCUT2D eigenvalue weighted by molar-refractivity contribution is 5.72. The predicted octanol–water partition coefficient (Wildman–Crippen LogP) is 2.49. The number of rotatable bonds is 3. The van der Waals surface area contributed by atoms with Crippen LogP contribution in [0.5, 0.6) is 0 Å². The summed E-state index contributed by atoms with van der Waals surface area (Å²) in [5, 5.41) is 8.15. The van der Waals surface area contributed by atoms with Crippen LogP contribution >= 0.6 is 0 Å². The van der Waals surface area contributed by atoms with E-state index in [1.54, 1.807) is 6.33 Å². The van der Waals surface area contributed by atoms with Crippen LogP contribution in [0.2, 0.25) is 0 Å². The first-order valence-corrected chi connectivity index (χ1v) is 5.82. The SMILES string of the molecule is Cc1ccc(N)c(-c2nncn2CC(C)C)c1. The maximum Gasteiger partial charge on any atom is 0.165 e. The van der Waals surface area contributed by atoms with Crippen LogP contribution in [0.3, 0.4) is 0 Å². The predicted molar refractivity (Wildman–Crippen MR) is 69.4 cm³/mol. The first-order chi connectivity index (χ1) is 8.08. The van der Waals surface area contributed by atoms with Gasteiger partial charge >= 0.3 is 0 Å². The molecule has 0 amide bonds. The molecule has 4 nitrogen and oxygen atoms in total. The Labute approximate surface area is 101 Å². The number of hydrogen-bond acceptors (Lipinski definition) is 3.